The topological polar surface area (TPSA) is 17.8 Å². The van der Waals surface area contributed by atoms with E-state index in [9.17, 15) is 4.39 Å². The van der Waals surface area contributed by atoms with Gasteiger partial charge in [0.15, 0.2) is 0 Å². The Morgan fingerprint density at radius 2 is 2.18 bits per heavy atom. The van der Waals surface area contributed by atoms with E-state index in [1.165, 1.54) is 18.9 Å². The van der Waals surface area contributed by atoms with E-state index >= 15 is 0 Å². The van der Waals surface area contributed by atoms with Crippen LogP contribution in [0.3, 0.4) is 0 Å². The quantitative estimate of drug-likeness (QED) is 0.844. The molecule has 1 aromatic heterocycles. The van der Waals surface area contributed by atoms with Crippen molar-refractivity contribution < 1.29 is 4.39 Å². The first-order valence-electron chi connectivity index (χ1n) is 5.68. The van der Waals surface area contributed by atoms with Gasteiger partial charge < -0.3 is 4.57 Å². The maximum absolute atomic E-state index is 13.3. The molecule has 0 amide bonds. The van der Waals surface area contributed by atoms with Gasteiger partial charge in [0.25, 0.3) is 0 Å². The third kappa shape index (κ3) is 2.41. The van der Waals surface area contributed by atoms with Crippen LogP contribution in [0.15, 0.2) is 35.1 Å². The number of benzene rings is 1. The van der Waals surface area contributed by atoms with Gasteiger partial charge in [0, 0.05) is 29.3 Å². The third-order valence-corrected chi connectivity index (χ3v) is 3.42. The highest BCUT2D eigenvalue weighted by atomic mass is 79.9. The Labute approximate surface area is 108 Å². The summed E-state index contributed by atoms with van der Waals surface area (Å²) in [7, 11) is 0. The Balaban J connectivity index is 1.88. The van der Waals surface area contributed by atoms with Crippen molar-refractivity contribution >= 4 is 15.9 Å². The molecule has 0 saturated heterocycles. The molecule has 1 saturated carbocycles. The summed E-state index contributed by atoms with van der Waals surface area (Å²) in [5.74, 6) is 1.54. The minimum Gasteiger partial charge on any atom is -0.330 e. The molecule has 1 fully saturated rings. The van der Waals surface area contributed by atoms with E-state index < -0.39 is 0 Å². The Kier molecular flexibility index (Phi) is 2.74. The minimum atomic E-state index is -0.206. The van der Waals surface area contributed by atoms with Crippen molar-refractivity contribution in [2.45, 2.75) is 25.3 Å². The smallest absolute Gasteiger partial charge is 0.124 e. The highest BCUT2D eigenvalue weighted by molar-refractivity contribution is 9.10. The zero-order valence-electron chi connectivity index (χ0n) is 9.24. The second-order valence-corrected chi connectivity index (χ2v) is 5.38. The maximum Gasteiger partial charge on any atom is 0.124 e. The number of rotatable bonds is 3. The van der Waals surface area contributed by atoms with Crippen molar-refractivity contribution in [2.75, 3.05) is 0 Å². The highest BCUT2D eigenvalue weighted by Gasteiger charge is 2.27. The van der Waals surface area contributed by atoms with Crippen molar-refractivity contribution in [3.63, 3.8) is 0 Å². The largest absolute Gasteiger partial charge is 0.330 e. The van der Waals surface area contributed by atoms with Gasteiger partial charge in [-0.05, 0) is 36.6 Å². The van der Waals surface area contributed by atoms with Crippen LogP contribution in [0.25, 0.3) is 0 Å². The van der Waals surface area contributed by atoms with Gasteiger partial charge in [0.2, 0.25) is 0 Å². The molecule has 17 heavy (non-hydrogen) atoms. The summed E-state index contributed by atoms with van der Waals surface area (Å²) in [6.45, 7) is 0.683. The lowest BCUT2D eigenvalue weighted by atomic mass is 10.2. The molecule has 1 aliphatic carbocycles. The fourth-order valence-corrected chi connectivity index (χ4v) is 2.57. The molecular formula is C13H12BrFN2. The molecule has 3 rings (SSSR count). The van der Waals surface area contributed by atoms with Crippen LogP contribution in [0, 0.1) is 5.82 Å². The van der Waals surface area contributed by atoms with Crippen LogP contribution in [-0.4, -0.2) is 9.55 Å². The number of nitrogens with zero attached hydrogens (tertiary/aromatic N) is 2. The molecule has 1 aromatic carbocycles. The fraction of sp³-hybridized carbons (Fsp3) is 0.308. The third-order valence-electron chi connectivity index (χ3n) is 2.97. The van der Waals surface area contributed by atoms with Gasteiger partial charge in [-0.15, -0.1) is 0 Å². The van der Waals surface area contributed by atoms with Gasteiger partial charge in [-0.3, -0.25) is 0 Å². The highest BCUT2D eigenvalue weighted by Crippen LogP contribution is 2.39. The Morgan fingerprint density at radius 3 is 2.88 bits per heavy atom. The molecule has 1 aliphatic rings. The summed E-state index contributed by atoms with van der Waals surface area (Å²) in [6.07, 6.45) is 6.24. The molecule has 4 heteroatoms. The standard InChI is InChI=1S/C13H12BrFN2/c14-11-5-9(6-12(15)7-11)8-17-4-3-16-13(17)10-1-2-10/h3-7,10H,1-2,8H2. The molecule has 0 unspecified atom stereocenters. The van der Waals surface area contributed by atoms with Crippen LogP contribution in [-0.2, 0) is 6.54 Å². The summed E-state index contributed by atoms with van der Waals surface area (Å²) in [5.41, 5.74) is 0.955. The van der Waals surface area contributed by atoms with E-state index in [2.05, 4.69) is 25.5 Å². The molecule has 88 valence electrons. The van der Waals surface area contributed by atoms with Gasteiger partial charge >= 0.3 is 0 Å². The van der Waals surface area contributed by atoms with E-state index in [-0.39, 0.29) is 5.82 Å². The number of hydrogen-bond donors (Lipinski definition) is 0. The van der Waals surface area contributed by atoms with Gasteiger partial charge in [0.1, 0.15) is 11.6 Å². The van der Waals surface area contributed by atoms with Crippen LogP contribution in [0.2, 0.25) is 0 Å². The monoisotopic (exact) mass is 294 g/mol. The van der Waals surface area contributed by atoms with Crippen molar-refractivity contribution in [3.8, 4) is 0 Å². The van der Waals surface area contributed by atoms with E-state index in [4.69, 9.17) is 0 Å². The first-order valence-corrected chi connectivity index (χ1v) is 6.47. The van der Waals surface area contributed by atoms with E-state index in [1.807, 2.05) is 18.5 Å². The van der Waals surface area contributed by atoms with Crippen LogP contribution in [0.4, 0.5) is 4.39 Å². The van der Waals surface area contributed by atoms with Crippen LogP contribution >= 0.6 is 15.9 Å². The predicted molar refractivity (Wildman–Crippen MR) is 67.4 cm³/mol. The molecule has 0 bridgehead atoms. The second kappa shape index (κ2) is 4.26. The maximum atomic E-state index is 13.3. The summed E-state index contributed by atoms with van der Waals surface area (Å²) < 4.78 is 16.2. The average Bonchev–Trinajstić information content (AvgIpc) is 2.99. The lowest BCUT2D eigenvalue weighted by molar-refractivity contribution is 0.621. The molecule has 2 nitrogen and oxygen atoms in total. The number of imidazole rings is 1. The SMILES string of the molecule is Fc1cc(Br)cc(Cn2ccnc2C2CC2)c1. The van der Waals surface area contributed by atoms with Crippen molar-refractivity contribution in [2.24, 2.45) is 0 Å². The Hall–Kier alpha value is -1.16. The van der Waals surface area contributed by atoms with Gasteiger partial charge in [0.05, 0.1) is 0 Å². The van der Waals surface area contributed by atoms with Crippen LogP contribution in [0.1, 0.15) is 30.1 Å². The summed E-state index contributed by atoms with van der Waals surface area (Å²) >= 11 is 3.31. The molecule has 0 N–H and O–H groups in total. The van der Waals surface area contributed by atoms with Crippen LogP contribution in [0.5, 0.6) is 0 Å². The first kappa shape index (κ1) is 11.0. The average molecular weight is 295 g/mol. The molecule has 2 aromatic rings. The second-order valence-electron chi connectivity index (χ2n) is 4.47. The molecule has 0 spiro atoms. The summed E-state index contributed by atoms with van der Waals surface area (Å²) in [6, 6.07) is 4.99. The Morgan fingerprint density at radius 1 is 1.35 bits per heavy atom. The van der Waals surface area contributed by atoms with E-state index in [1.54, 1.807) is 6.07 Å². The summed E-state index contributed by atoms with van der Waals surface area (Å²) in [4.78, 5) is 4.38. The van der Waals surface area contributed by atoms with Gasteiger partial charge in [-0.1, -0.05) is 15.9 Å². The van der Waals surface area contributed by atoms with E-state index in [0.717, 1.165) is 15.9 Å². The molecular weight excluding hydrogens is 283 g/mol. The Bertz CT molecular complexity index is 526. The summed E-state index contributed by atoms with van der Waals surface area (Å²) in [5, 5.41) is 0. The van der Waals surface area contributed by atoms with Crippen LogP contribution < -0.4 is 0 Å². The number of halogens is 2. The van der Waals surface area contributed by atoms with Crippen molar-refractivity contribution in [3.05, 3.63) is 52.3 Å². The van der Waals surface area contributed by atoms with E-state index in [0.29, 0.717) is 12.5 Å². The zero-order chi connectivity index (χ0) is 11.8. The normalized spacial score (nSPS) is 15.2. The molecule has 0 radical (unpaired) electrons. The first-order chi connectivity index (χ1) is 8.22. The minimum absolute atomic E-state index is 0.206. The lowest BCUT2D eigenvalue weighted by Crippen LogP contribution is -2.03. The van der Waals surface area contributed by atoms with Gasteiger partial charge in [-0.2, -0.15) is 0 Å². The molecule has 1 heterocycles. The van der Waals surface area contributed by atoms with Gasteiger partial charge in [-0.25, -0.2) is 9.37 Å². The van der Waals surface area contributed by atoms with Crippen molar-refractivity contribution in [1.82, 2.24) is 9.55 Å². The van der Waals surface area contributed by atoms with Crippen molar-refractivity contribution in [1.29, 1.82) is 0 Å². The molecule has 0 aliphatic heterocycles. The number of hydrogen-bond acceptors (Lipinski definition) is 1. The lowest BCUT2D eigenvalue weighted by Gasteiger charge is -2.07. The number of aromatic nitrogens is 2. The fourth-order valence-electron chi connectivity index (χ4n) is 2.05. The molecule has 0 atom stereocenters. The zero-order valence-corrected chi connectivity index (χ0v) is 10.8. The predicted octanol–water partition coefficient (Wildman–Crippen LogP) is 3.71.